The van der Waals surface area contributed by atoms with Crippen molar-refractivity contribution >= 4 is 11.8 Å². The number of rotatable bonds is 3. The number of aromatic nitrogens is 2. The summed E-state index contributed by atoms with van der Waals surface area (Å²) in [5.74, 6) is -0.217. The van der Waals surface area contributed by atoms with Gasteiger partial charge < -0.3 is 15.0 Å². The third-order valence-electron chi connectivity index (χ3n) is 5.25. The Morgan fingerprint density at radius 2 is 2.15 bits per heavy atom. The third kappa shape index (κ3) is 2.78. The number of amides is 2. The second kappa shape index (κ2) is 6.57. The molecule has 0 spiro atoms. The first-order valence-electron chi connectivity index (χ1n) is 8.93. The van der Waals surface area contributed by atoms with Gasteiger partial charge in [0.2, 0.25) is 5.91 Å². The Kier molecular flexibility index (Phi) is 4.24. The highest BCUT2D eigenvalue weighted by Gasteiger charge is 2.50. The molecule has 2 amide bonds. The van der Waals surface area contributed by atoms with Gasteiger partial charge in [-0.3, -0.25) is 14.3 Å². The molecule has 7 heteroatoms. The first kappa shape index (κ1) is 16.8. The molecule has 2 atom stereocenters. The zero-order valence-electron chi connectivity index (χ0n) is 14.7. The second-order valence-corrected chi connectivity index (χ2v) is 6.74. The average molecular weight is 354 g/mol. The highest BCUT2D eigenvalue weighted by atomic mass is 16.5. The van der Waals surface area contributed by atoms with Crippen molar-refractivity contribution in [2.24, 2.45) is 0 Å². The molecular formula is C19H22N4O3. The minimum atomic E-state index is -0.587. The van der Waals surface area contributed by atoms with Crippen LogP contribution in [0.4, 0.5) is 0 Å². The lowest BCUT2D eigenvalue weighted by atomic mass is 9.77. The number of hydrogen-bond donors (Lipinski definition) is 1. The molecule has 26 heavy (non-hydrogen) atoms. The van der Waals surface area contributed by atoms with Gasteiger partial charge in [-0.05, 0) is 25.0 Å². The summed E-state index contributed by atoms with van der Waals surface area (Å²) in [7, 11) is 0. The molecule has 0 aliphatic carbocycles. The van der Waals surface area contributed by atoms with Crippen molar-refractivity contribution in [3.05, 3.63) is 53.9 Å². The Labute approximate surface area is 151 Å². The molecule has 0 bridgehead atoms. The number of fused-ring (bicyclic) bond motifs is 1. The van der Waals surface area contributed by atoms with Crippen molar-refractivity contribution < 1.29 is 14.3 Å². The van der Waals surface area contributed by atoms with Gasteiger partial charge >= 0.3 is 0 Å². The van der Waals surface area contributed by atoms with E-state index in [-0.39, 0.29) is 24.5 Å². The molecule has 2 fully saturated rings. The summed E-state index contributed by atoms with van der Waals surface area (Å²) in [6.45, 7) is 3.68. The van der Waals surface area contributed by atoms with Gasteiger partial charge in [-0.15, -0.1) is 0 Å². The van der Waals surface area contributed by atoms with Gasteiger partial charge in [0, 0.05) is 25.8 Å². The van der Waals surface area contributed by atoms with Crippen LogP contribution in [0.15, 0.2) is 42.6 Å². The zero-order valence-corrected chi connectivity index (χ0v) is 14.7. The first-order valence-corrected chi connectivity index (χ1v) is 8.93. The smallest absolute Gasteiger partial charge is 0.274 e. The van der Waals surface area contributed by atoms with E-state index in [0.717, 1.165) is 12.1 Å². The summed E-state index contributed by atoms with van der Waals surface area (Å²) < 4.78 is 7.60. The van der Waals surface area contributed by atoms with E-state index in [1.807, 2.05) is 43.5 Å². The fourth-order valence-electron chi connectivity index (χ4n) is 3.85. The average Bonchev–Trinajstić information content (AvgIpc) is 3.17. The number of morpholine rings is 1. The van der Waals surface area contributed by atoms with Crippen molar-refractivity contribution in [2.75, 3.05) is 19.7 Å². The van der Waals surface area contributed by atoms with Gasteiger partial charge in [0.15, 0.2) is 0 Å². The lowest BCUT2D eigenvalue weighted by Crippen LogP contribution is -2.67. The fourth-order valence-corrected chi connectivity index (χ4v) is 3.85. The molecule has 1 aromatic carbocycles. The zero-order chi connectivity index (χ0) is 18.1. The Bertz CT molecular complexity index is 819. The lowest BCUT2D eigenvalue weighted by Gasteiger charge is -2.50. The monoisotopic (exact) mass is 354 g/mol. The largest absolute Gasteiger partial charge is 0.364 e. The van der Waals surface area contributed by atoms with E-state index >= 15 is 0 Å². The van der Waals surface area contributed by atoms with Crippen molar-refractivity contribution in [2.45, 2.75) is 31.5 Å². The van der Waals surface area contributed by atoms with Crippen LogP contribution >= 0.6 is 0 Å². The van der Waals surface area contributed by atoms with Crippen LogP contribution in [0.3, 0.4) is 0 Å². The van der Waals surface area contributed by atoms with Crippen LogP contribution in [0.1, 0.15) is 29.4 Å². The summed E-state index contributed by atoms with van der Waals surface area (Å²) in [6.07, 6.45) is 2.13. The van der Waals surface area contributed by atoms with Gasteiger partial charge in [0.05, 0.1) is 5.54 Å². The van der Waals surface area contributed by atoms with Crippen LogP contribution in [0.25, 0.3) is 0 Å². The van der Waals surface area contributed by atoms with E-state index in [1.54, 1.807) is 15.6 Å². The van der Waals surface area contributed by atoms with Crippen LogP contribution in [-0.4, -0.2) is 52.3 Å². The predicted octanol–water partition coefficient (Wildman–Crippen LogP) is 1.16. The SMILES string of the molecule is CCn1ccc(C(=O)N2CC[C@@]3(c4ccccc4)NC(=O)CO[C@@H]3C2)n1. The minimum absolute atomic E-state index is 0.0196. The first-order chi connectivity index (χ1) is 12.6. The molecule has 2 aliphatic heterocycles. The molecule has 0 unspecified atom stereocenters. The highest BCUT2D eigenvalue weighted by molar-refractivity contribution is 5.92. The summed E-state index contributed by atoms with van der Waals surface area (Å²) in [5, 5.41) is 7.45. The molecule has 1 N–H and O–H groups in total. The standard InChI is InChI=1S/C19H22N4O3/c1-2-23-10-8-15(21-23)18(25)22-11-9-19(14-6-4-3-5-7-14)16(12-22)26-13-17(24)20-19/h3-8,10,16H,2,9,11-13H2,1H3,(H,20,24)/t16-,19+/m1/s1. The molecule has 7 nitrogen and oxygen atoms in total. The molecule has 0 radical (unpaired) electrons. The Balaban J connectivity index is 1.59. The normalized spacial score (nSPS) is 25.5. The van der Waals surface area contributed by atoms with Gasteiger partial charge in [-0.1, -0.05) is 30.3 Å². The molecular weight excluding hydrogens is 332 g/mol. The van der Waals surface area contributed by atoms with Crippen molar-refractivity contribution in [3.8, 4) is 0 Å². The summed E-state index contributed by atoms with van der Waals surface area (Å²) in [4.78, 5) is 26.6. The predicted molar refractivity (Wildman–Crippen MR) is 94.4 cm³/mol. The van der Waals surface area contributed by atoms with E-state index < -0.39 is 5.54 Å². The van der Waals surface area contributed by atoms with E-state index in [9.17, 15) is 9.59 Å². The maximum atomic E-state index is 12.8. The third-order valence-corrected chi connectivity index (χ3v) is 5.25. The quantitative estimate of drug-likeness (QED) is 0.897. The summed E-state index contributed by atoms with van der Waals surface area (Å²) in [6, 6.07) is 11.6. The molecule has 1 aromatic heterocycles. The Hall–Kier alpha value is -2.67. The fraction of sp³-hybridized carbons (Fsp3) is 0.421. The maximum Gasteiger partial charge on any atom is 0.274 e. The Morgan fingerprint density at radius 3 is 2.88 bits per heavy atom. The molecule has 136 valence electrons. The number of benzene rings is 1. The van der Waals surface area contributed by atoms with Gasteiger partial charge in [0.25, 0.3) is 5.91 Å². The van der Waals surface area contributed by atoms with Crippen molar-refractivity contribution in [1.29, 1.82) is 0 Å². The van der Waals surface area contributed by atoms with Crippen LogP contribution in [-0.2, 0) is 21.6 Å². The van der Waals surface area contributed by atoms with Crippen molar-refractivity contribution in [1.82, 2.24) is 20.0 Å². The van der Waals surface area contributed by atoms with Crippen LogP contribution in [0.5, 0.6) is 0 Å². The van der Waals surface area contributed by atoms with Crippen LogP contribution < -0.4 is 5.32 Å². The van der Waals surface area contributed by atoms with Crippen LogP contribution in [0.2, 0.25) is 0 Å². The topological polar surface area (TPSA) is 76.5 Å². The summed E-state index contributed by atoms with van der Waals surface area (Å²) in [5.41, 5.74) is 0.871. The maximum absolute atomic E-state index is 12.8. The van der Waals surface area contributed by atoms with Crippen molar-refractivity contribution in [3.63, 3.8) is 0 Å². The molecule has 2 saturated heterocycles. The number of carbonyl (C=O) groups excluding carboxylic acids is 2. The minimum Gasteiger partial charge on any atom is -0.364 e. The number of likely N-dealkylation sites (tertiary alicyclic amines) is 1. The van der Waals surface area contributed by atoms with Gasteiger partial charge in [0.1, 0.15) is 18.4 Å². The molecule has 0 saturated carbocycles. The van der Waals surface area contributed by atoms with Crippen LogP contribution in [0, 0.1) is 0 Å². The van der Waals surface area contributed by atoms with E-state index in [0.29, 0.717) is 25.2 Å². The number of carbonyl (C=O) groups is 2. The summed E-state index contributed by atoms with van der Waals surface area (Å²) >= 11 is 0. The van der Waals surface area contributed by atoms with E-state index in [2.05, 4.69) is 10.4 Å². The number of hydrogen-bond acceptors (Lipinski definition) is 4. The Morgan fingerprint density at radius 1 is 1.35 bits per heavy atom. The molecule has 4 rings (SSSR count). The highest BCUT2D eigenvalue weighted by Crippen LogP contribution is 2.37. The molecule has 2 aliphatic rings. The van der Waals surface area contributed by atoms with E-state index in [1.165, 1.54) is 0 Å². The number of piperidine rings is 1. The second-order valence-electron chi connectivity index (χ2n) is 6.74. The van der Waals surface area contributed by atoms with E-state index in [4.69, 9.17) is 4.74 Å². The number of ether oxygens (including phenoxy) is 1. The lowest BCUT2D eigenvalue weighted by molar-refractivity contribution is -0.150. The number of nitrogens with one attached hydrogen (secondary N) is 1. The number of nitrogens with zero attached hydrogens (tertiary/aromatic N) is 3. The number of aryl methyl sites for hydroxylation is 1. The van der Waals surface area contributed by atoms with Gasteiger partial charge in [-0.2, -0.15) is 5.10 Å². The van der Waals surface area contributed by atoms with Gasteiger partial charge in [-0.25, -0.2) is 0 Å². The molecule has 2 aromatic rings. The molecule has 3 heterocycles.